The van der Waals surface area contributed by atoms with E-state index in [1.165, 1.54) is 38.1 Å². The second-order valence-electron chi connectivity index (χ2n) is 5.67. The van der Waals surface area contributed by atoms with Gasteiger partial charge >= 0.3 is 29.6 Å². The van der Waals surface area contributed by atoms with Crippen molar-refractivity contribution in [1.82, 2.24) is 0 Å². The SMILES string of the molecule is CCOC(=O)c1[c-]c(C(=O)OCC)c(S(=O)(=O)O)c(S(=O)(=O)O)c1-c1ccccc1.[Na+]. The van der Waals surface area contributed by atoms with E-state index in [2.05, 4.69) is 6.07 Å². The van der Waals surface area contributed by atoms with Crippen molar-refractivity contribution < 1.29 is 74.6 Å². The second-order valence-corrected chi connectivity index (χ2v) is 8.38. The first-order valence-electron chi connectivity index (χ1n) is 8.41. The van der Waals surface area contributed by atoms with E-state index in [4.69, 9.17) is 9.47 Å². The van der Waals surface area contributed by atoms with Crippen LogP contribution >= 0.6 is 0 Å². The van der Waals surface area contributed by atoms with Gasteiger partial charge < -0.3 is 9.47 Å². The molecule has 0 bridgehead atoms. The molecule has 2 rings (SSSR count). The van der Waals surface area contributed by atoms with Gasteiger partial charge in [0, 0.05) is 0 Å². The Morgan fingerprint density at radius 3 is 1.71 bits per heavy atom. The Labute approximate surface area is 201 Å². The van der Waals surface area contributed by atoms with E-state index in [9.17, 15) is 35.5 Å². The van der Waals surface area contributed by atoms with Crippen LogP contribution in [0.2, 0.25) is 0 Å². The van der Waals surface area contributed by atoms with E-state index in [-0.39, 0.29) is 48.3 Å². The van der Waals surface area contributed by atoms with Crippen LogP contribution in [0, 0.1) is 6.07 Å². The Kier molecular flexibility index (Phi) is 9.38. The molecule has 0 spiro atoms. The first-order valence-corrected chi connectivity index (χ1v) is 11.3. The van der Waals surface area contributed by atoms with Gasteiger partial charge in [-0.15, -0.1) is 6.07 Å². The number of hydrogen-bond acceptors (Lipinski definition) is 8. The Bertz CT molecular complexity index is 1190. The van der Waals surface area contributed by atoms with Crippen LogP contribution in [0.4, 0.5) is 0 Å². The van der Waals surface area contributed by atoms with Gasteiger partial charge in [-0.1, -0.05) is 41.5 Å². The summed E-state index contributed by atoms with van der Waals surface area (Å²) in [6.45, 7) is 2.47. The molecule has 0 aliphatic heterocycles. The van der Waals surface area contributed by atoms with Crippen molar-refractivity contribution in [2.45, 2.75) is 23.6 Å². The van der Waals surface area contributed by atoms with Crippen LogP contribution in [0.15, 0.2) is 40.1 Å². The Morgan fingerprint density at radius 2 is 1.29 bits per heavy atom. The minimum Gasteiger partial charge on any atom is -0.497 e. The van der Waals surface area contributed by atoms with Crippen molar-refractivity contribution in [2.24, 2.45) is 0 Å². The van der Waals surface area contributed by atoms with E-state index >= 15 is 0 Å². The molecule has 2 aromatic carbocycles. The summed E-state index contributed by atoms with van der Waals surface area (Å²) in [5.74, 6) is -2.53. The molecular formula is C18H17NaO10S2. The molecule has 10 nitrogen and oxygen atoms in total. The smallest absolute Gasteiger partial charge is 0.497 e. The maximum absolute atomic E-state index is 12.5. The molecule has 0 unspecified atom stereocenters. The van der Waals surface area contributed by atoms with Gasteiger partial charge in [0.1, 0.15) is 0 Å². The summed E-state index contributed by atoms with van der Waals surface area (Å²) in [5.41, 5.74) is -2.36. The van der Waals surface area contributed by atoms with Crippen LogP contribution in [0.3, 0.4) is 0 Å². The zero-order chi connectivity index (χ0) is 22.7. The molecule has 0 saturated carbocycles. The number of hydrogen-bond donors (Lipinski definition) is 2. The van der Waals surface area contributed by atoms with E-state index in [0.29, 0.717) is 0 Å². The number of rotatable bonds is 7. The molecule has 0 heterocycles. The van der Waals surface area contributed by atoms with Gasteiger partial charge in [-0.25, -0.2) is 8.42 Å². The zero-order valence-electron chi connectivity index (χ0n) is 16.8. The summed E-state index contributed by atoms with van der Waals surface area (Å²) in [6, 6.07) is 9.29. The Morgan fingerprint density at radius 1 is 0.839 bits per heavy atom. The topological polar surface area (TPSA) is 161 Å². The number of ether oxygens (including phenoxy) is 2. The average molecular weight is 480 g/mol. The molecule has 2 N–H and O–H groups in total. The van der Waals surface area contributed by atoms with Crippen molar-refractivity contribution in [2.75, 3.05) is 13.2 Å². The molecule has 2 aromatic rings. The van der Waals surface area contributed by atoms with Gasteiger partial charge in [-0.05, 0) is 25.0 Å². The Hall–Kier alpha value is -1.80. The molecule has 0 aromatic heterocycles. The van der Waals surface area contributed by atoms with Crippen LogP contribution in [-0.2, 0) is 29.7 Å². The maximum Gasteiger partial charge on any atom is 1.00 e. The fourth-order valence-corrected chi connectivity index (χ4v) is 4.84. The third-order valence-electron chi connectivity index (χ3n) is 3.70. The van der Waals surface area contributed by atoms with Gasteiger partial charge in [0.2, 0.25) is 0 Å². The van der Waals surface area contributed by atoms with Crippen LogP contribution in [0.25, 0.3) is 11.1 Å². The van der Waals surface area contributed by atoms with Crippen LogP contribution in [0.5, 0.6) is 0 Å². The molecule has 162 valence electrons. The van der Waals surface area contributed by atoms with Gasteiger partial charge in [0.25, 0.3) is 32.2 Å². The van der Waals surface area contributed by atoms with E-state index in [1.54, 1.807) is 6.07 Å². The fourth-order valence-electron chi connectivity index (χ4n) is 2.66. The van der Waals surface area contributed by atoms with Gasteiger partial charge in [-0.2, -0.15) is 8.42 Å². The summed E-state index contributed by atoms with van der Waals surface area (Å²) >= 11 is 0. The average Bonchev–Trinajstić information content (AvgIpc) is 2.66. The number of carbonyl (C=O) groups excluding carboxylic acids is 2. The normalized spacial score (nSPS) is 11.4. The van der Waals surface area contributed by atoms with Gasteiger partial charge in [-0.3, -0.25) is 18.7 Å². The number of carbonyl (C=O) groups is 2. The molecule has 0 atom stereocenters. The van der Waals surface area contributed by atoms with Crippen LogP contribution in [-0.4, -0.2) is 51.1 Å². The quantitative estimate of drug-likeness (QED) is 0.218. The number of esters is 2. The Balaban J connectivity index is 0.00000480. The second kappa shape index (κ2) is 10.7. The van der Waals surface area contributed by atoms with E-state index in [1.807, 2.05) is 0 Å². The van der Waals surface area contributed by atoms with Gasteiger partial charge in [0.05, 0.1) is 23.0 Å². The molecular weight excluding hydrogens is 463 g/mol. The first-order chi connectivity index (χ1) is 13.9. The van der Waals surface area contributed by atoms with Crippen molar-refractivity contribution in [3.8, 4) is 11.1 Å². The van der Waals surface area contributed by atoms with Crippen molar-refractivity contribution in [3.05, 3.63) is 47.5 Å². The van der Waals surface area contributed by atoms with Crippen LogP contribution < -0.4 is 29.6 Å². The predicted molar refractivity (Wildman–Crippen MR) is 102 cm³/mol. The minimum atomic E-state index is -5.42. The summed E-state index contributed by atoms with van der Waals surface area (Å²) in [7, 11) is -10.8. The number of benzene rings is 2. The third kappa shape index (κ3) is 6.13. The predicted octanol–water partition coefficient (Wildman–Crippen LogP) is -0.995. The summed E-state index contributed by atoms with van der Waals surface area (Å²) < 4.78 is 77.6. The molecule has 31 heavy (non-hydrogen) atoms. The maximum atomic E-state index is 12.5. The van der Waals surface area contributed by atoms with Crippen molar-refractivity contribution in [3.63, 3.8) is 0 Å². The molecule has 13 heteroatoms. The third-order valence-corrected chi connectivity index (χ3v) is 5.68. The first kappa shape index (κ1) is 27.2. The standard InChI is InChI=1S/C18H17O10S2.Na/c1-3-27-17(19)12-10-13(18(20)28-4-2)15(29(21,22)23)16(30(24,25)26)14(12)11-8-6-5-7-9-11;/h5-9H,3-4H2,1-2H3,(H,21,22,23)(H,24,25,26);/q-1;+1. The molecule has 0 aliphatic carbocycles. The monoisotopic (exact) mass is 480 g/mol. The van der Waals surface area contributed by atoms with Gasteiger partial charge in [0.15, 0.2) is 0 Å². The molecule has 0 saturated heterocycles. The summed E-state index contributed by atoms with van der Waals surface area (Å²) in [4.78, 5) is 22.0. The zero-order valence-corrected chi connectivity index (χ0v) is 20.4. The molecule has 0 aliphatic rings. The fraction of sp³-hybridized carbons (Fsp3) is 0.222. The molecule has 0 amide bonds. The van der Waals surface area contributed by atoms with Crippen LogP contribution in [0.1, 0.15) is 34.6 Å². The minimum absolute atomic E-state index is 0. The van der Waals surface area contributed by atoms with E-state index < -0.39 is 58.7 Å². The van der Waals surface area contributed by atoms with Crippen molar-refractivity contribution >= 4 is 32.2 Å². The molecule has 0 radical (unpaired) electrons. The summed E-state index contributed by atoms with van der Waals surface area (Å²) in [6.07, 6.45) is 0. The van der Waals surface area contributed by atoms with E-state index in [0.717, 1.165) is 0 Å². The summed E-state index contributed by atoms with van der Waals surface area (Å²) in [5, 5.41) is 0. The van der Waals surface area contributed by atoms with Crippen molar-refractivity contribution in [1.29, 1.82) is 0 Å². The largest absolute Gasteiger partial charge is 1.00 e. The molecule has 0 fully saturated rings.